The van der Waals surface area contributed by atoms with Gasteiger partial charge in [0.05, 0.1) is 0 Å². The Balaban J connectivity index is 3.01. The minimum Gasteiger partial charge on any atom is -0.249 e. The Hall–Kier alpha value is -0.150. The van der Waals surface area contributed by atoms with Crippen molar-refractivity contribution in [1.29, 1.82) is 0 Å². The van der Waals surface area contributed by atoms with Crippen molar-refractivity contribution in [3.63, 3.8) is 0 Å². The predicted molar refractivity (Wildman–Crippen MR) is 42.4 cm³/mol. The first-order valence-electron chi connectivity index (χ1n) is 2.56. The third-order valence-electron chi connectivity index (χ3n) is 1.04. The minimum absolute atomic E-state index is 0.938. The molecule has 1 radical (unpaired) electrons. The van der Waals surface area contributed by atoms with Crippen LogP contribution in [0, 0.1) is 6.92 Å². The first-order valence-corrected chi connectivity index (χ1v) is 4.30. The van der Waals surface area contributed by atoms with Crippen LogP contribution in [0.3, 0.4) is 0 Å². The molecule has 47 valence electrons. The molecule has 0 aromatic carbocycles. The van der Waals surface area contributed by atoms with Gasteiger partial charge in [-0.1, -0.05) is 6.07 Å². The molecule has 9 heavy (non-hydrogen) atoms. The molecule has 0 saturated heterocycles. The van der Waals surface area contributed by atoms with E-state index in [-0.39, 0.29) is 0 Å². The van der Waals surface area contributed by atoms with Gasteiger partial charge in [-0.2, -0.15) is 0 Å². The van der Waals surface area contributed by atoms with E-state index in [2.05, 4.69) is 4.98 Å². The zero-order valence-corrected chi connectivity index (χ0v) is 6.63. The number of hydrogen-bond donors (Lipinski definition) is 0. The van der Waals surface area contributed by atoms with Crippen molar-refractivity contribution in [2.45, 2.75) is 11.9 Å². The highest BCUT2D eigenvalue weighted by molar-refractivity contribution is 8.68. The lowest BCUT2D eigenvalue weighted by Crippen LogP contribution is -1.79. The number of rotatable bonds is 1. The Morgan fingerprint density at radius 2 is 2.44 bits per heavy atom. The molecule has 0 aliphatic rings. The van der Waals surface area contributed by atoms with Gasteiger partial charge >= 0.3 is 0 Å². The van der Waals surface area contributed by atoms with E-state index >= 15 is 0 Å². The molecule has 0 spiro atoms. The van der Waals surface area contributed by atoms with Crippen LogP contribution < -0.4 is 0 Å². The minimum atomic E-state index is 0.938. The molecule has 1 heterocycles. The molecule has 0 aliphatic heterocycles. The normalized spacial score (nSPS) is 9.56. The summed E-state index contributed by atoms with van der Waals surface area (Å²) in [4.78, 5) is 4.06. The molecule has 0 unspecified atom stereocenters. The Morgan fingerprint density at radius 1 is 1.67 bits per heavy atom. The summed E-state index contributed by atoms with van der Waals surface area (Å²) >= 11 is 4.76. The highest BCUT2D eigenvalue weighted by atomic mass is 33.1. The monoisotopic (exact) mass is 156 g/mol. The summed E-state index contributed by atoms with van der Waals surface area (Å²) in [5.41, 5.74) is 1.15. The standard InChI is InChI=1S/C6H6NS2/c1-5-3-2-4-7-6(5)9-8/h2-4H,1H3. The maximum Gasteiger partial charge on any atom is 0.110 e. The van der Waals surface area contributed by atoms with Crippen LogP contribution in [0.5, 0.6) is 0 Å². The highest BCUT2D eigenvalue weighted by Gasteiger charge is 1.93. The second-order valence-electron chi connectivity index (χ2n) is 1.71. The van der Waals surface area contributed by atoms with Crippen LogP contribution in [0.1, 0.15) is 5.56 Å². The second kappa shape index (κ2) is 3.13. The van der Waals surface area contributed by atoms with E-state index in [4.69, 9.17) is 11.7 Å². The number of hydrogen-bond acceptors (Lipinski definition) is 2. The summed E-state index contributed by atoms with van der Waals surface area (Å²) in [5, 5.41) is 0.938. The van der Waals surface area contributed by atoms with Crippen LogP contribution in [0.15, 0.2) is 23.4 Å². The van der Waals surface area contributed by atoms with E-state index in [1.54, 1.807) is 6.20 Å². The predicted octanol–water partition coefficient (Wildman–Crippen LogP) is 2.59. The van der Waals surface area contributed by atoms with E-state index in [0.717, 1.165) is 10.6 Å². The van der Waals surface area contributed by atoms with E-state index in [1.165, 1.54) is 10.8 Å². The van der Waals surface area contributed by atoms with Crippen molar-refractivity contribution in [3.05, 3.63) is 23.9 Å². The van der Waals surface area contributed by atoms with Gasteiger partial charge in [0.2, 0.25) is 0 Å². The van der Waals surface area contributed by atoms with Crippen LogP contribution in [-0.4, -0.2) is 4.98 Å². The quantitative estimate of drug-likeness (QED) is 0.580. The molecule has 3 heteroatoms. The topological polar surface area (TPSA) is 12.9 Å². The molecule has 0 amide bonds. The number of pyridine rings is 1. The maximum atomic E-state index is 4.76. The number of aromatic nitrogens is 1. The SMILES string of the molecule is Cc1cccnc1S[S]. The molecular weight excluding hydrogens is 150 g/mol. The Morgan fingerprint density at radius 3 is 2.89 bits per heavy atom. The fraction of sp³-hybridized carbons (Fsp3) is 0.167. The largest absolute Gasteiger partial charge is 0.249 e. The third-order valence-corrected chi connectivity index (χ3v) is 2.10. The smallest absolute Gasteiger partial charge is 0.110 e. The van der Waals surface area contributed by atoms with Gasteiger partial charge in [0, 0.05) is 6.20 Å². The summed E-state index contributed by atoms with van der Waals surface area (Å²) in [6, 6.07) is 3.91. The van der Waals surface area contributed by atoms with Crippen molar-refractivity contribution >= 4 is 22.5 Å². The second-order valence-corrected chi connectivity index (χ2v) is 2.76. The Bertz CT molecular complexity index is 200. The van der Waals surface area contributed by atoms with Gasteiger partial charge in [0.15, 0.2) is 0 Å². The number of aryl methyl sites for hydroxylation is 1. The van der Waals surface area contributed by atoms with Gasteiger partial charge in [-0.05, 0) is 41.0 Å². The van der Waals surface area contributed by atoms with E-state index in [0.29, 0.717) is 0 Å². The first-order chi connectivity index (χ1) is 4.34. The molecule has 0 atom stereocenters. The van der Waals surface area contributed by atoms with Crippen molar-refractivity contribution < 1.29 is 0 Å². The van der Waals surface area contributed by atoms with Crippen LogP contribution in [-0.2, 0) is 0 Å². The fourth-order valence-electron chi connectivity index (χ4n) is 0.558. The first kappa shape index (κ1) is 6.96. The average molecular weight is 156 g/mol. The molecule has 1 aromatic heterocycles. The maximum absolute atomic E-state index is 4.76. The van der Waals surface area contributed by atoms with Crippen LogP contribution in [0.2, 0.25) is 0 Å². The molecule has 0 saturated carbocycles. The van der Waals surface area contributed by atoms with Crippen molar-refractivity contribution in [2.24, 2.45) is 0 Å². The van der Waals surface area contributed by atoms with Crippen molar-refractivity contribution in [2.75, 3.05) is 0 Å². The fourth-order valence-corrected chi connectivity index (χ4v) is 1.39. The van der Waals surface area contributed by atoms with E-state index in [9.17, 15) is 0 Å². The summed E-state index contributed by atoms with van der Waals surface area (Å²) in [6.45, 7) is 2.00. The molecule has 0 bridgehead atoms. The van der Waals surface area contributed by atoms with Gasteiger partial charge < -0.3 is 0 Å². The van der Waals surface area contributed by atoms with Gasteiger partial charge in [-0.15, -0.1) is 0 Å². The highest BCUT2D eigenvalue weighted by Crippen LogP contribution is 2.21. The molecule has 1 aromatic rings. The molecule has 1 nitrogen and oxygen atoms in total. The summed E-state index contributed by atoms with van der Waals surface area (Å²) < 4.78 is 0. The summed E-state index contributed by atoms with van der Waals surface area (Å²) in [5.74, 6) is 0. The van der Waals surface area contributed by atoms with Gasteiger partial charge in [0.25, 0.3) is 0 Å². The van der Waals surface area contributed by atoms with Crippen molar-refractivity contribution in [3.8, 4) is 0 Å². The lowest BCUT2D eigenvalue weighted by atomic mass is 10.3. The molecule has 0 fully saturated rings. The lowest BCUT2D eigenvalue weighted by Gasteiger charge is -1.95. The van der Waals surface area contributed by atoms with E-state index in [1.807, 2.05) is 19.1 Å². The average Bonchev–Trinajstić information content (AvgIpc) is 1.89. The Labute approximate surface area is 63.7 Å². The van der Waals surface area contributed by atoms with Crippen LogP contribution in [0.25, 0.3) is 0 Å². The van der Waals surface area contributed by atoms with Gasteiger partial charge in [0.1, 0.15) is 5.03 Å². The zero-order chi connectivity index (χ0) is 6.69. The summed E-state index contributed by atoms with van der Waals surface area (Å²) in [6.07, 6.45) is 1.75. The van der Waals surface area contributed by atoms with Crippen molar-refractivity contribution in [1.82, 2.24) is 4.98 Å². The number of nitrogens with zero attached hydrogens (tertiary/aromatic N) is 1. The molecule has 1 rings (SSSR count). The van der Waals surface area contributed by atoms with Crippen LogP contribution in [0.4, 0.5) is 0 Å². The van der Waals surface area contributed by atoms with Gasteiger partial charge in [-0.25, -0.2) is 4.98 Å². The molecule has 0 aliphatic carbocycles. The lowest BCUT2D eigenvalue weighted by molar-refractivity contribution is 1.09. The zero-order valence-electron chi connectivity index (χ0n) is 5.00. The molecular formula is C6H6NS2. The molecule has 0 N–H and O–H groups in total. The Kier molecular flexibility index (Phi) is 2.42. The van der Waals surface area contributed by atoms with Gasteiger partial charge in [-0.3, -0.25) is 0 Å². The third kappa shape index (κ3) is 1.63. The summed E-state index contributed by atoms with van der Waals surface area (Å²) in [7, 11) is 1.27. The van der Waals surface area contributed by atoms with Crippen LogP contribution >= 0.6 is 22.5 Å². The van der Waals surface area contributed by atoms with E-state index < -0.39 is 0 Å².